The summed E-state index contributed by atoms with van der Waals surface area (Å²) >= 11 is 0. The van der Waals surface area contributed by atoms with Crippen molar-refractivity contribution in [1.29, 1.82) is 0 Å². The second kappa shape index (κ2) is 6.51. The average Bonchev–Trinajstić information content (AvgIpc) is 3.33. The van der Waals surface area contributed by atoms with Gasteiger partial charge in [-0.1, -0.05) is 31.0 Å². The molecule has 3 rings (SSSR count). The van der Waals surface area contributed by atoms with Crippen LogP contribution < -0.4 is 5.32 Å². The molecule has 2 amide bonds. The number of benzene rings is 1. The van der Waals surface area contributed by atoms with E-state index in [2.05, 4.69) is 5.32 Å². The normalized spacial score (nSPS) is 24.5. The molecule has 0 spiro atoms. The van der Waals surface area contributed by atoms with Crippen molar-refractivity contribution in [2.24, 2.45) is 11.8 Å². The van der Waals surface area contributed by atoms with Crippen molar-refractivity contribution in [2.75, 3.05) is 18.4 Å². The zero-order valence-corrected chi connectivity index (χ0v) is 13.2. The summed E-state index contributed by atoms with van der Waals surface area (Å²) in [7, 11) is 0. The number of nitrogens with zero attached hydrogens (tertiary/aromatic N) is 1. The number of rotatable bonds is 3. The van der Waals surface area contributed by atoms with Gasteiger partial charge in [0.2, 0.25) is 11.8 Å². The van der Waals surface area contributed by atoms with Crippen LogP contribution in [0.4, 0.5) is 5.69 Å². The third-order valence-electron chi connectivity index (χ3n) is 4.77. The largest absolute Gasteiger partial charge is 0.342 e. The molecule has 118 valence electrons. The van der Waals surface area contributed by atoms with Gasteiger partial charge in [-0.15, -0.1) is 0 Å². The van der Waals surface area contributed by atoms with Crippen molar-refractivity contribution >= 4 is 17.5 Å². The fraction of sp³-hybridized carbons (Fsp3) is 0.556. The van der Waals surface area contributed by atoms with Crippen LogP contribution in [0.15, 0.2) is 24.3 Å². The molecule has 1 aromatic carbocycles. The molecule has 0 bridgehead atoms. The highest BCUT2D eigenvalue weighted by atomic mass is 16.2. The number of amides is 2. The molecule has 1 aliphatic carbocycles. The van der Waals surface area contributed by atoms with Crippen LogP contribution in [0.5, 0.6) is 0 Å². The topological polar surface area (TPSA) is 49.4 Å². The summed E-state index contributed by atoms with van der Waals surface area (Å²) in [5, 5.41) is 2.96. The highest BCUT2D eigenvalue weighted by Crippen LogP contribution is 2.41. The third-order valence-corrected chi connectivity index (χ3v) is 4.77. The first-order chi connectivity index (χ1) is 10.7. The Balaban J connectivity index is 1.56. The zero-order valence-electron chi connectivity index (χ0n) is 13.2. The maximum absolute atomic E-state index is 12.5. The maximum atomic E-state index is 12.5. The summed E-state index contributed by atoms with van der Waals surface area (Å²) in [5.41, 5.74) is 1.90. The first-order valence-corrected chi connectivity index (χ1v) is 8.32. The molecule has 4 heteroatoms. The van der Waals surface area contributed by atoms with Gasteiger partial charge in [0, 0.05) is 18.8 Å². The van der Waals surface area contributed by atoms with Crippen molar-refractivity contribution in [2.45, 2.75) is 39.0 Å². The van der Waals surface area contributed by atoms with E-state index in [0.717, 1.165) is 37.2 Å². The highest BCUT2D eigenvalue weighted by Gasteiger charge is 2.49. The third kappa shape index (κ3) is 3.32. The molecular weight excluding hydrogens is 276 g/mol. The van der Waals surface area contributed by atoms with Gasteiger partial charge in [-0.2, -0.15) is 0 Å². The van der Waals surface area contributed by atoms with E-state index in [-0.39, 0.29) is 23.7 Å². The standard InChI is InChI=1S/C18H24N2O2/c1-13-8-4-5-9-16(13)19-17(21)14-12-15(14)18(22)20-10-6-2-3-7-11-20/h4-5,8-9,14-15H,2-3,6-7,10-12H2,1H3,(H,19,21). The number of carbonyl (C=O) groups excluding carboxylic acids is 2. The quantitative estimate of drug-likeness (QED) is 0.933. The lowest BCUT2D eigenvalue weighted by atomic mass is 10.2. The molecule has 0 aromatic heterocycles. The second-order valence-electron chi connectivity index (χ2n) is 6.49. The predicted molar refractivity (Wildman–Crippen MR) is 86.5 cm³/mol. The Morgan fingerprint density at radius 3 is 2.41 bits per heavy atom. The predicted octanol–water partition coefficient (Wildman–Crippen LogP) is 2.97. The van der Waals surface area contributed by atoms with Gasteiger partial charge in [0.25, 0.3) is 0 Å². The zero-order chi connectivity index (χ0) is 15.5. The number of carbonyl (C=O) groups is 2. The molecule has 0 radical (unpaired) electrons. The Morgan fingerprint density at radius 1 is 1.05 bits per heavy atom. The van der Waals surface area contributed by atoms with Gasteiger partial charge in [-0.3, -0.25) is 9.59 Å². The van der Waals surface area contributed by atoms with Crippen LogP contribution in [-0.2, 0) is 9.59 Å². The van der Waals surface area contributed by atoms with Crippen molar-refractivity contribution in [3.05, 3.63) is 29.8 Å². The minimum absolute atomic E-state index is 0.0116. The highest BCUT2D eigenvalue weighted by molar-refractivity contribution is 5.99. The van der Waals surface area contributed by atoms with Crippen LogP contribution in [0.2, 0.25) is 0 Å². The fourth-order valence-corrected chi connectivity index (χ4v) is 3.22. The molecule has 22 heavy (non-hydrogen) atoms. The number of anilines is 1. The molecule has 2 fully saturated rings. The van der Waals surface area contributed by atoms with Gasteiger partial charge in [0.05, 0.1) is 11.8 Å². The maximum Gasteiger partial charge on any atom is 0.228 e. The van der Waals surface area contributed by atoms with E-state index >= 15 is 0 Å². The van der Waals surface area contributed by atoms with E-state index in [9.17, 15) is 9.59 Å². The molecule has 4 nitrogen and oxygen atoms in total. The Kier molecular flexibility index (Phi) is 4.46. The van der Waals surface area contributed by atoms with Crippen LogP contribution in [0.1, 0.15) is 37.7 Å². The Morgan fingerprint density at radius 2 is 1.73 bits per heavy atom. The molecule has 2 atom stereocenters. The van der Waals surface area contributed by atoms with Crippen LogP contribution >= 0.6 is 0 Å². The minimum atomic E-state index is -0.143. The molecule has 2 aliphatic rings. The van der Waals surface area contributed by atoms with E-state index in [1.165, 1.54) is 12.8 Å². The van der Waals surface area contributed by atoms with E-state index in [0.29, 0.717) is 6.42 Å². The fourth-order valence-electron chi connectivity index (χ4n) is 3.22. The van der Waals surface area contributed by atoms with E-state index in [1.54, 1.807) is 0 Å². The smallest absolute Gasteiger partial charge is 0.228 e. The van der Waals surface area contributed by atoms with Gasteiger partial charge in [-0.05, 0) is 37.8 Å². The Bertz CT molecular complexity index is 562. The van der Waals surface area contributed by atoms with Crippen LogP contribution in [0.25, 0.3) is 0 Å². The van der Waals surface area contributed by atoms with E-state index in [1.807, 2.05) is 36.1 Å². The van der Waals surface area contributed by atoms with Crippen molar-refractivity contribution in [1.82, 2.24) is 4.90 Å². The molecule has 1 saturated carbocycles. The summed E-state index contributed by atoms with van der Waals surface area (Å²) < 4.78 is 0. The van der Waals surface area contributed by atoms with Crippen molar-refractivity contribution in [3.63, 3.8) is 0 Å². The minimum Gasteiger partial charge on any atom is -0.342 e. The van der Waals surface area contributed by atoms with Crippen LogP contribution in [0.3, 0.4) is 0 Å². The summed E-state index contributed by atoms with van der Waals surface area (Å²) in [6.07, 6.45) is 5.32. The summed E-state index contributed by atoms with van der Waals surface area (Å²) in [5.74, 6) is -0.0632. The monoisotopic (exact) mass is 300 g/mol. The van der Waals surface area contributed by atoms with Crippen molar-refractivity contribution in [3.8, 4) is 0 Å². The summed E-state index contributed by atoms with van der Waals surface area (Å²) in [4.78, 5) is 26.8. The Hall–Kier alpha value is -1.84. The number of hydrogen-bond donors (Lipinski definition) is 1. The first-order valence-electron chi connectivity index (χ1n) is 8.32. The molecule has 1 aromatic rings. The van der Waals surface area contributed by atoms with Crippen LogP contribution in [-0.4, -0.2) is 29.8 Å². The van der Waals surface area contributed by atoms with E-state index in [4.69, 9.17) is 0 Å². The number of aryl methyl sites for hydroxylation is 1. The number of para-hydroxylation sites is 1. The lowest BCUT2D eigenvalue weighted by Gasteiger charge is -2.20. The summed E-state index contributed by atoms with van der Waals surface area (Å²) in [6, 6.07) is 7.74. The Labute approximate surface area is 131 Å². The van der Waals surface area contributed by atoms with Crippen LogP contribution in [0, 0.1) is 18.8 Å². The van der Waals surface area contributed by atoms with Gasteiger partial charge in [0.1, 0.15) is 0 Å². The molecule has 1 heterocycles. The number of nitrogens with one attached hydrogen (secondary N) is 1. The van der Waals surface area contributed by atoms with Gasteiger partial charge in [-0.25, -0.2) is 0 Å². The number of hydrogen-bond acceptors (Lipinski definition) is 2. The lowest BCUT2D eigenvalue weighted by molar-refractivity contribution is -0.134. The molecular formula is C18H24N2O2. The SMILES string of the molecule is Cc1ccccc1NC(=O)C1CC1C(=O)N1CCCCCC1. The molecule has 1 saturated heterocycles. The summed E-state index contributed by atoms with van der Waals surface area (Å²) in [6.45, 7) is 3.70. The van der Waals surface area contributed by atoms with E-state index < -0.39 is 0 Å². The molecule has 1 N–H and O–H groups in total. The average molecular weight is 300 g/mol. The van der Waals surface area contributed by atoms with Gasteiger partial charge in [0.15, 0.2) is 0 Å². The van der Waals surface area contributed by atoms with Gasteiger partial charge < -0.3 is 10.2 Å². The lowest BCUT2D eigenvalue weighted by Crippen LogP contribution is -2.34. The molecule has 1 aliphatic heterocycles. The molecule has 2 unspecified atom stereocenters. The van der Waals surface area contributed by atoms with Gasteiger partial charge >= 0.3 is 0 Å². The van der Waals surface area contributed by atoms with Crippen molar-refractivity contribution < 1.29 is 9.59 Å². The first kappa shape index (κ1) is 15.1. The number of likely N-dealkylation sites (tertiary alicyclic amines) is 1. The second-order valence-corrected chi connectivity index (χ2v) is 6.49.